The van der Waals surface area contributed by atoms with Gasteiger partial charge in [0.25, 0.3) is 5.91 Å². The first-order valence-electron chi connectivity index (χ1n) is 9.10. The molecule has 0 radical (unpaired) electrons. The molecule has 0 saturated heterocycles. The first-order valence-corrected chi connectivity index (χ1v) is 9.98. The second kappa shape index (κ2) is 9.51. The maximum Gasteiger partial charge on any atom is 0.280 e. The number of carbonyl (C=O) groups is 1. The molecule has 4 nitrogen and oxygen atoms in total. The molecule has 1 heterocycles. The molecule has 0 aliphatic heterocycles. The molecule has 3 N–H and O–H groups in total. The molecule has 26 heavy (non-hydrogen) atoms. The molecule has 5 heteroatoms. The van der Waals surface area contributed by atoms with Crippen molar-refractivity contribution >= 4 is 22.2 Å². The number of amides is 1. The second-order valence-electron chi connectivity index (χ2n) is 7.37. The van der Waals surface area contributed by atoms with Gasteiger partial charge in [-0.1, -0.05) is 52.0 Å². The summed E-state index contributed by atoms with van der Waals surface area (Å²) in [7, 11) is 0. The standard InChI is InChI=1S/C21H27N3OS/c1-14(2)11-16-5-7-17(8-6-16)20(15(3)4)23-13-19(25)24-21-18(12-22)9-10-26-21/h5-10,14-15,20,23H,11,13H2,1-4H3,(H,24,25)/p+1/t20-/m0/s1. The smallest absolute Gasteiger partial charge is 0.280 e. The number of nitriles is 1. The van der Waals surface area contributed by atoms with Crippen molar-refractivity contribution in [3.8, 4) is 6.07 Å². The van der Waals surface area contributed by atoms with Crippen LogP contribution < -0.4 is 10.6 Å². The Morgan fingerprint density at radius 3 is 2.46 bits per heavy atom. The average Bonchev–Trinajstić information content (AvgIpc) is 3.02. The first-order chi connectivity index (χ1) is 12.4. The summed E-state index contributed by atoms with van der Waals surface area (Å²) < 4.78 is 0. The Bertz CT molecular complexity index is 756. The Morgan fingerprint density at radius 2 is 1.88 bits per heavy atom. The number of hydrogen-bond acceptors (Lipinski definition) is 3. The van der Waals surface area contributed by atoms with Crippen LogP contribution in [0.1, 0.15) is 50.4 Å². The Labute approximate surface area is 160 Å². The lowest BCUT2D eigenvalue weighted by atomic mass is 9.94. The van der Waals surface area contributed by atoms with Gasteiger partial charge >= 0.3 is 0 Å². The van der Waals surface area contributed by atoms with Crippen LogP contribution in [0.5, 0.6) is 0 Å². The van der Waals surface area contributed by atoms with E-state index in [1.807, 2.05) is 5.38 Å². The number of rotatable bonds is 8. The van der Waals surface area contributed by atoms with Crippen LogP contribution in [0.2, 0.25) is 0 Å². The van der Waals surface area contributed by atoms with Crippen molar-refractivity contribution in [2.45, 2.75) is 40.2 Å². The van der Waals surface area contributed by atoms with Gasteiger partial charge in [-0.2, -0.15) is 5.26 Å². The molecule has 1 aromatic carbocycles. The fourth-order valence-corrected chi connectivity index (χ4v) is 3.80. The highest BCUT2D eigenvalue weighted by atomic mass is 32.1. The highest BCUT2D eigenvalue weighted by Crippen LogP contribution is 2.22. The van der Waals surface area contributed by atoms with Crippen molar-refractivity contribution in [3.05, 3.63) is 52.4 Å². The molecule has 0 spiro atoms. The van der Waals surface area contributed by atoms with E-state index in [0.29, 0.717) is 28.9 Å². The van der Waals surface area contributed by atoms with Crippen LogP contribution >= 0.6 is 11.3 Å². The summed E-state index contributed by atoms with van der Waals surface area (Å²) in [5, 5.41) is 16.4. The number of hydrogen-bond donors (Lipinski definition) is 2. The minimum atomic E-state index is -0.0778. The third kappa shape index (κ3) is 5.69. The number of thiophene rings is 1. The largest absolute Gasteiger partial charge is 0.332 e. The van der Waals surface area contributed by atoms with Crippen LogP contribution in [0.25, 0.3) is 0 Å². The van der Waals surface area contributed by atoms with E-state index in [2.05, 4.69) is 68.7 Å². The number of anilines is 1. The van der Waals surface area contributed by atoms with E-state index in [4.69, 9.17) is 5.26 Å². The minimum Gasteiger partial charge on any atom is -0.332 e. The van der Waals surface area contributed by atoms with Crippen molar-refractivity contribution in [2.24, 2.45) is 11.8 Å². The van der Waals surface area contributed by atoms with Gasteiger partial charge in [-0.25, -0.2) is 0 Å². The summed E-state index contributed by atoms with van der Waals surface area (Å²) in [6, 6.07) is 12.8. The SMILES string of the molecule is CC(C)Cc1ccc([C@@H]([NH2+]CC(=O)Nc2sccc2C#N)C(C)C)cc1. The van der Waals surface area contributed by atoms with Crippen molar-refractivity contribution in [3.63, 3.8) is 0 Å². The highest BCUT2D eigenvalue weighted by Gasteiger charge is 2.21. The predicted molar refractivity (Wildman–Crippen MR) is 107 cm³/mol. The predicted octanol–water partition coefficient (Wildman–Crippen LogP) is 3.72. The fraction of sp³-hybridized carbons (Fsp3) is 0.429. The third-order valence-electron chi connectivity index (χ3n) is 4.32. The Hall–Kier alpha value is -2.16. The summed E-state index contributed by atoms with van der Waals surface area (Å²) in [6.07, 6.45) is 1.08. The van der Waals surface area contributed by atoms with E-state index in [1.165, 1.54) is 22.5 Å². The molecular formula is C21H28N3OS+. The third-order valence-corrected chi connectivity index (χ3v) is 5.15. The first kappa shape index (κ1) is 20.2. The Balaban J connectivity index is 1.97. The lowest BCUT2D eigenvalue weighted by molar-refractivity contribution is -0.692. The molecule has 1 amide bonds. The summed E-state index contributed by atoms with van der Waals surface area (Å²) in [6.45, 7) is 9.13. The molecule has 0 aliphatic rings. The van der Waals surface area contributed by atoms with Crippen LogP contribution in [0.3, 0.4) is 0 Å². The maximum atomic E-state index is 12.3. The number of nitrogens with zero attached hydrogens (tertiary/aromatic N) is 1. The van der Waals surface area contributed by atoms with E-state index in [9.17, 15) is 4.79 Å². The number of benzene rings is 1. The van der Waals surface area contributed by atoms with E-state index in [1.54, 1.807) is 6.07 Å². The topological polar surface area (TPSA) is 69.5 Å². The quantitative estimate of drug-likeness (QED) is 0.743. The zero-order valence-corrected chi connectivity index (χ0v) is 16.8. The van der Waals surface area contributed by atoms with Gasteiger partial charge in [0.15, 0.2) is 6.54 Å². The molecule has 1 atom stereocenters. The number of nitrogens with two attached hydrogens (primary N) is 1. The molecule has 0 bridgehead atoms. The van der Waals surface area contributed by atoms with Crippen LogP contribution in [-0.4, -0.2) is 12.5 Å². The van der Waals surface area contributed by atoms with Gasteiger partial charge in [-0.05, 0) is 29.3 Å². The van der Waals surface area contributed by atoms with Gasteiger partial charge in [0.05, 0.1) is 5.56 Å². The van der Waals surface area contributed by atoms with Crippen LogP contribution in [-0.2, 0) is 11.2 Å². The van der Waals surface area contributed by atoms with Gasteiger partial charge in [-0.3, -0.25) is 4.79 Å². The molecule has 2 rings (SSSR count). The van der Waals surface area contributed by atoms with E-state index in [0.717, 1.165) is 6.42 Å². The number of nitrogens with one attached hydrogen (secondary N) is 1. The molecule has 0 fully saturated rings. The van der Waals surface area contributed by atoms with Crippen LogP contribution in [0.4, 0.5) is 5.00 Å². The second-order valence-corrected chi connectivity index (χ2v) is 8.29. The van der Waals surface area contributed by atoms with Crippen LogP contribution in [0, 0.1) is 23.2 Å². The van der Waals surface area contributed by atoms with E-state index < -0.39 is 0 Å². The Morgan fingerprint density at radius 1 is 1.19 bits per heavy atom. The summed E-state index contributed by atoms with van der Waals surface area (Å²) in [5.41, 5.74) is 3.12. The van der Waals surface area contributed by atoms with Gasteiger partial charge in [0, 0.05) is 11.5 Å². The normalized spacial score (nSPS) is 12.2. The lowest BCUT2D eigenvalue weighted by Crippen LogP contribution is -2.88. The maximum absolute atomic E-state index is 12.3. The zero-order valence-electron chi connectivity index (χ0n) is 16.0. The van der Waals surface area contributed by atoms with Crippen LogP contribution in [0.15, 0.2) is 35.7 Å². The highest BCUT2D eigenvalue weighted by molar-refractivity contribution is 7.14. The van der Waals surface area contributed by atoms with E-state index >= 15 is 0 Å². The van der Waals surface area contributed by atoms with Gasteiger partial charge < -0.3 is 10.6 Å². The summed E-state index contributed by atoms with van der Waals surface area (Å²) in [5.74, 6) is 0.980. The molecule has 2 aromatic rings. The monoisotopic (exact) mass is 370 g/mol. The average molecular weight is 371 g/mol. The van der Waals surface area contributed by atoms with Crippen molar-refractivity contribution < 1.29 is 10.1 Å². The molecule has 138 valence electrons. The van der Waals surface area contributed by atoms with E-state index in [-0.39, 0.29) is 11.9 Å². The molecular weight excluding hydrogens is 342 g/mol. The van der Waals surface area contributed by atoms with Gasteiger partial charge in [0.1, 0.15) is 17.1 Å². The molecule has 0 unspecified atom stereocenters. The number of quaternary nitrogens is 1. The number of carbonyl (C=O) groups excluding carboxylic acids is 1. The fourth-order valence-electron chi connectivity index (χ4n) is 3.05. The summed E-state index contributed by atoms with van der Waals surface area (Å²) in [4.78, 5) is 12.3. The van der Waals surface area contributed by atoms with Crippen molar-refractivity contribution in [1.82, 2.24) is 0 Å². The Kier molecular flexibility index (Phi) is 7.38. The molecule has 0 saturated carbocycles. The molecule has 1 aromatic heterocycles. The molecule has 0 aliphatic carbocycles. The van der Waals surface area contributed by atoms with Crippen molar-refractivity contribution in [2.75, 3.05) is 11.9 Å². The van der Waals surface area contributed by atoms with Gasteiger partial charge in [0.2, 0.25) is 0 Å². The zero-order chi connectivity index (χ0) is 19.1. The van der Waals surface area contributed by atoms with Gasteiger partial charge in [-0.15, -0.1) is 11.3 Å². The lowest BCUT2D eigenvalue weighted by Gasteiger charge is -2.20. The summed E-state index contributed by atoms with van der Waals surface area (Å²) >= 11 is 1.38. The van der Waals surface area contributed by atoms with Crippen molar-refractivity contribution in [1.29, 1.82) is 5.26 Å². The minimum absolute atomic E-state index is 0.0778.